The normalized spacial score (nSPS) is 15.9. The highest BCUT2D eigenvalue weighted by molar-refractivity contribution is 6.34. The van der Waals surface area contributed by atoms with E-state index in [1.165, 1.54) is 5.56 Å². The van der Waals surface area contributed by atoms with Crippen molar-refractivity contribution in [2.24, 2.45) is 5.92 Å². The van der Waals surface area contributed by atoms with Crippen LogP contribution in [0.4, 0.5) is 0 Å². The first kappa shape index (κ1) is 18.1. The van der Waals surface area contributed by atoms with E-state index >= 15 is 0 Å². The monoisotopic (exact) mass is 381 g/mol. The Morgan fingerprint density at radius 3 is 2.70 bits per heavy atom. The van der Waals surface area contributed by atoms with E-state index in [1.807, 2.05) is 24.4 Å². The molecule has 3 aromatic rings. The number of rotatable bonds is 5. The maximum atomic E-state index is 12.6. The van der Waals surface area contributed by atoms with Crippen molar-refractivity contribution in [1.29, 1.82) is 0 Å². The number of hydrogen-bond donors (Lipinski definition) is 2. The van der Waals surface area contributed by atoms with Gasteiger partial charge in [0.05, 0.1) is 10.6 Å². The van der Waals surface area contributed by atoms with E-state index in [0.29, 0.717) is 23.0 Å². The highest BCUT2D eigenvalue weighted by Gasteiger charge is 2.20. The van der Waals surface area contributed by atoms with Crippen LogP contribution in [-0.2, 0) is 6.54 Å². The molecule has 0 unspecified atom stereocenters. The van der Waals surface area contributed by atoms with E-state index in [4.69, 9.17) is 11.6 Å². The maximum absolute atomic E-state index is 12.6. The smallest absolute Gasteiger partial charge is 0.252 e. The van der Waals surface area contributed by atoms with Gasteiger partial charge in [0.15, 0.2) is 0 Å². The molecule has 1 amide bonds. The van der Waals surface area contributed by atoms with E-state index in [-0.39, 0.29) is 5.91 Å². The van der Waals surface area contributed by atoms with Crippen molar-refractivity contribution in [1.82, 2.24) is 15.2 Å². The Bertz CT molecular complexity index is 914. The van der Waals surface area contributed by atoms with Gasteiger partial charge in [-0.3, -0.25) is 9.69 Å². The number of likely N-dealkylation sites (tertiary alicyclic amines) is 1. The first-order valence-electron chi connectivity index (χ1n) is 9.50. The predicted molar refractivity (Wildman–Crippen MR) is 110 cm³/mol. The summed E-state index contributed by atoms with van der Waals surface area (Å²) in [6.07, 6.45) is 4.07. The molecule has 27 heavy (non-hydrogen) atoms. The molecule has 140 valence electrons. The van der Waals surface area contributed by atoms with Gasteiger partial charge in [-0.2, -0.15) is 0 Å². The summed E-state index contributed by atoms with van der Waals surface area (Å²) in [6.45, 7) is 3.86. The van der Waals surface area contributed by atoms with Gasteiger partial charge in [-0.15, -0.1) is 0 Å². The molecule has 2 N–H and O–H groups in total. The number of piperidine rings is 1. The van der Waals surface area contributed by atoms with Crippen LogP contribution in [-0.4, -0.2) is 35.4 Å². The van der Waals surface area contributed by atoms with Gasteiger partial charge in [-0.25, -0.2) is 0 Å². The van der Waals surface area contributed by atoms with Crippen LogP contribution in [0.5, 0.6) is 0 Å². The van der Waals surface area contributed by atoms with Crippen LogP contribution < -0.4 is 5.32 Å². The van der Waals surface area contributed by atoms with Crippen molar-refractivity contribution in [3.63, 3.8) is 0 Å². The lowest BCUT2D eigenvalue weighted by atomic mass is 9.96. The lowest BCUT2D eigenvalue weighted by molar-refractivity contribution is 0.0935. The second-order valence-corrected chi connectivity index (χ2v) is 7.72. The SMILES string of the molecule is O=C(NCC1CCN(Cc2ccccc2)CC1)c1cc2[nH]ccc2cc1Cl. The quantitative estimate of drug-likeness (QED) is 0.685. The topological polar surface area (TPSA) is 48.1 Å². The highest BCUT2D eigenvalue weighted by Crippen LogP contribution is 2.24. The largest absolute Gasteiger partial charge is 0.361 e. The molecule has 2 aromatic carbocycles. The Balaban J connectivity index is 1.28. The first-order chi connectivity index (χ1) is 13.2. The molecule has 0 bridgehead atoms. The van der Waals surface area contributed by atoms with Crippen molar-refractivity contribution >= 4 is 28.4 Å². The number of nitrogens with one attached hydrogen (secondary N) is 2. The average Bonchev–Trinajstić information content (AvgIpc) is 3.14. The lowest BCUT2D eigenvalue weighted by Gasteiger charge is -2.32. The summed E-state index contributed by atoms with van der Waals surface area (Å²) in [7, 11) is 0. The fourth-order valence-corrected chi connectivity index (χ4v) is 4.03. The molecule has 1 aliphatic heterocycles. The second-order valence-electron chi connectivity index (χ2n) is 7.31. The molecule has 2 heterocycles. The van der Waals surface area contributed by atoms with E-state index in [1.54, 1.807) is 0 Å². The fraction of sp³-hybridized carbons (Fsp3) is 0.318. The zero-order valence-corrected chi connectivity index (χ0v) is 16.0. The Hall–Kier alpha value is -2.30. The molecule has 4 nitrogen and oxygen atoms in total. The Morgan fingerprint density at radius 2 is 1.93 bits per heavy atom. The number of fused-ring (bicyclic) bond motifs is 1. The van der Waals surface area contributed by atoms with Gasteiger partial charge < -0.3 is 10.3 Å². The van der Waals surface area contributed by atoms with Gasteiger partial charge in [0, 0.05) is 30.2 Å². The molecule has 1 aliphatic rings. The first-order valence-corrected chi connectivity index (χ1v) is 9.88. The molecule has 0 saturated carbocycles. The number of carbonyl (C=O) groups is 1. The van der Waals surface area contributed by atoms with Crippen LogP contribution in [0.15, 0.2) is 54.7 Å². The van der Waals surface area contributed by atoms with E-state index in [9.17, 15) is 4.79 Å². The molecule has 0 spiro atoms. The number of hydrogen-bond acceptors (Lipinski definition) is 2. The minimum atomic E-state index is -0.0942. The number of H-pyrrole nitrogens is 1. The summed E-state index contributed by atoms with van der Waals surface area (Å²) >= 11 is 6.29. The number of aromatic nitrogens is 1. The molecule has 1 saturated heterocycles. The number of carbonyl (C=O) groups excluding carboxylic acids is 1. The van der Waals surface area contributed by atoms with Crippen molar-refractivity contribution in [3.05, 3.63) is 70.9 Å². The summed E-state index contributed by atoms with van der Waals surface area (Å²) in [5.74, 6) is 0.428. The molecular weight excluding hydrogens is 358 g/mol. The van der Waals surface area contributed by atoms with Crippen molar-refractivity contribution in [2.45, 2.75) is 19.4 Å². The van der Waals surface area contributed by atoms with Gasteiger partial charge in [-0.1, -0.05) is 41.9 Å². The van der Waals surface area contributed by atoms with Crippen molar-refractivity contribution < 1.29 is 4.79 Å². The van der Waals surface area contributed by atoms with Crippen molar-refractivity contribution in [2.75, 3.05) is 19.6 Å². The van der Waals surface area contributed by atoms with Crippen LogP contribution in [0.2, 0.25) is 5.02 Å². The van der Waals surface area contributed by atoms with Crippen LogP contribution in [0.1, 0.15) is 28.8 Å². The van der Waals surface area contributed by atoms with Gasteiger partial charge in [0.25, 0.3) is 5.91 Å². The van der Waals surface area contributed by atoms with Crippen LogP contribution in [0.3, 0.4) is 0 Å². The fourth-order valence-electron chi connectivity index (χ4n) is 3.77. The third-order valence-corrected chi connectivity index (χ3v) is 5.71. The summed E-state index contributed by atoms with van der Waals surface area (Å²) in [4.78, 5) is 18.2. The maximum Gasteiger partial charge on any atom is 0.252 e. The van der Waals surface area contributed by atoms with Crippen LogP contribution in [0.25, 0.3) is 10.9 Å². The molecule has 4 rings (SSSR count). The van der Waals surface area contributed by atoms with E-state index in [0.717, 1.165) is 43.4 Å². The minimum absolute atomic E-state index is 0.0942. The zero-order chi connectivity index (χ0) is 18.6. The number of benzene rings is 2. The van der Waals surface area contributed by atoms with Gasteiger partial charge in [0.2, 0.25) is 0 Å². The highest BCUT2D eigenvalue weighted by atomic mass is 35.5. The molecular formula is C22H24ClN3O. The average molecular weight is 382 g/mol. The predicted octanol–water partition coefficient (Wildman–Crippen LogP) is 4.46. The lowest BCUT2D eigenvalue weighted by Crippen LogP contribution is -2.38. The van der Waals surface area contributed by atoms with Crippen LogP contribution >= 0.6 is 11.6 Å². The Labute approximate surface area is 164 Å². The number of amides is 1. The van der Waals surface area contributed by atoms with E-state index < -0.39 is 0 Å². The molecule has 1 aromatic heterocycles. The van der Waals surface area contributed by atoms with E-state index in [2.05, 4.69) is 45.5 Å². The van der Waals surface area contributed by atoms with Gasteiger partial charge >= 0.3 is 0 Å². The number of aromatic amines is 1. The summed E-state index contributed by atoms with van der Waals surface area (Å²) in [6, 6.07) is 16.2. The third kappa shape index (κ3) is 4.34. The zero-order valence-electron chi connectivity index (χ0n) is 15.2. The number of halogens is 1. The summed E-state index contributed by atoms with van der Waals surface area (Å²) in [5.41, 5.74) is 2.82. The Morgan fingerprint density at radius 1 is 1.15 bits per heavy atom. The summed E-state index contributed by atoms with van der Waals surface area (Å²) in [5, 5.41) is 4.59. The summed E-state index contributed by atoms with van der Waals surface area (Å²) < 4.78 is 0. The molecule has 1 fully saturated rings. The molecule has 0 atom stereocenters. The molecule has 0 radical (unpaired) electrons. The third-order valence-electron chi connectivity index (χ3n) is 5.39. The van der Waals surface area contributed by atoms with Crippen molar-refractivity contribution in [3.8, 4) is 0 Å². The minimum Gasteiger partial charge on any atom is -0.361 e. The Kier molecular flexibility index (Phi) is 5.46. The number of nitrogens with zero attached hydrogens (tertiary/aromatic N) is 1. The van der Waals surface area contributed by atoms with Gasteiger partial charge in [0.1, 0.15) is 0 Å². The molecule has 5 heteroatoms. The van der Waals surface area contributed by atoms with Gasteiger partial charge in [-0.05, 0) is 55.6 Å². The second kappa shape index (κ2) is 8.15. The molecule has 0 aliphatic carbocycles. The van der Waals surface area contributed by atoms with Crippen LogP contribution in [0, 0.1) is 5.92 Å². The standard InChI is InChI=1S/C22H24ClN3O/c23-20-12-18-6-9-24-21(18)13-19(20)22(27)25-14-16-7-10-26(11-8-16)15-17-4-2-1-3-5-17/h1-6,9,12-13,16,24H,7-8,10-11,14-15H2,(H,25,27).